The monoisotopic (exact) mass is 398 g/mol. The van der Waals surface area contributed by atoms with Gasteiger partial charge in [0.2, 0.25) is 5.91 Å². The first kappa shape index (κ1) is 18.9. The smallest absolute Gasteiger partial charge is 0.264 e. The number of carbonyl (C=O) groups is 1. The number of nitrogens with one attached hydrogen (secondary N) is 1. The summed E-state index contributed by atoms with van der Waals surface area (Å²) in [5.41, 5.74) is 1.10. The van der Waals surface area contributed by atoms with Crippen LogP contribution in [-0.2, 0) is 14.8 Å². The Kier molecular flexibility index (Phi) is 5.73. The largest absolute Gasteiger partial charge is 0.323 e. The topological polar surface area (TPSA) is 66.5 Å². The molecule has 1 aromatic heterocycles. The summed E-state index contributed by atoms with van der Waals surface area (Å²) in [7, 11) is -2.16. The summed E-state index contributed by atoms with van der Waals surface area (Å²) >= 11 is 1.54. The molecule has 0 aliphatic rings. The number of hydrogen-bond donors (Lipinski definition) is 1. The lowest BCUT2D eigenvalue weighted by Crippen LogP contribution is -2.26. The average molecular weight is 399 g/mol. The summed E-state index contributed by atoms with van der Waals surface area (Å²) in [6.07, 6.45) is 3.17. The zero-order valence-corrected chi connectivity index (χ0v) is 16.2. The average Bonchev–Trinajstić information content (AvgIpc) is 3.20. The summed E-state index contributed by atoms with van der Waals surface area (Å²) in [6, 6.07) is 18.8. The van der Waals surface area contributed by atoms with Crippen LogP contribution in [0, 0.1) is 0 Å². The van der Waals surface area contributed by atoms with Crippen molar-refractivity contribution in [1.82, 2.24) is 0 Å². The number of carbonyl (C=O) groups excluding carboxylic acids is 1. The number of rotatable bonds is 6. The number of benzene rings is 2. The zero-order valence-electron chi connectivity index (χ0n) is 14.6. The van der Waals surface area contributed by atoms with E-state index >= 15 is 0 Å². The molecule has 5 nitrogen and oxygen atoms in total. The van der Waals surface area contributed by atoms with Crippen molar-refractivity contribution in [1.29, 1.82) is 0 Å². The second-order valence-corrected chi connectivity index (χ2v) is 8.62. The van der Waals surface area contributed by atoms with Crippen LogP contribution in [-0.4, -0.2) is 21.4 Å². The van der Waals surface area contributed by atoms with Crippen molar-refractivity contribution in [2.24, 2.45) is 0 Å². The summed E-state index contributed by atoms with van der Waals surface area (Å²) in [4.78, 5) is 13.1. The Morgan fingerprint density at radius 2 is 1.70 bits per heavy atom. The van der Waals surface area contributed by atoms with Gasteiger partial charge < -0.3 is 5.32 Å². The SMILES string of the molecule is CN(c1ccccc1)S(=O)(=O)c1ccc(NC(=O)C=Cc2cccs2)cc1. The molecule has 3 aromatic rings. The Balaban J connectivity index is 1.70. The first-order valence-electron chi connectivity index (χ1n) is 8.13. The van der Waals surface area contributed by atoms with Crippen LogP contribution in [0.2, 0.25) is 0 Å². The van der Waals surface area contributed by atoms with E-state index in [1.54, 1.807) is 42.5 Å². The molecule has 0 unspecified atom stereocenters. The van der Waals surface area contributed by atoms with Gasteiger partial charge in [-0.15, -0.1) is 11.3 Å². The van der Waals surface area contributed by atoms with Crippen LogP contribution in [0.3, 0.4) is 0 Å². The molecular weight excluding hydrogens is 380 g/mol. The van der Waals surface area contributed by atoms with E-state index in [4.69, 9.17) is 0 Å². The molecule has 2 aromatic carbocycles. The Hall–Kier alpha value is -2.90. The van der Waals surface area contributed by atoms with Crippen molar-refractivity contribution in [3.63, 3.8) is 0 Å². The van der Waals surface area contributed by atoms with Gasteiger partial charge >= 0.3 is 0 Å². The number of hydrogen-bond acceptors (Lipinski definition) is 4. The molecule has 1 heterocycles. The van der Waals surface area contributed by atoms with Gasteiger partial charge in [0.15, 0.2) is 0 Å². The Bertz CT molecular complexity index is 1030. The first-order chi connectivity index (χ1) is 13.0. The lowest BCUT2D eigenvalue weighted by Gasteiger charge is -2.19. The van der Waals surface area contributed by atoms with E-state index in [-0.39, 0.29) is 10.8 Å². The molecule has 0 fully saturated rings. The zero-order chi connectivity index (χ0) is 19.3. The minimum absolute atomic E-state index is 0.154. The molecule has 0 bridgehead atoms. The van der Waals surface area contributed by atoms with Crippen LogP contribution in [0.4, 0.5) is 11.4 Å². The third-order valence-corrected chi connectivity index (χ3v) is 6.48. The summed E-state index contributed by atoms with van der Waals surface area (Å²) < 4.78 is 26.7. The van der Waals surface area contributed by atoms with Crippen LogP contribution < -0.4 is 9.62 Å². The van der Waals surface area contributed by atoms with E-state index in [9.17, 15) is 13.2 Å². The van der Waals surface area contributed by atoms with Crippen molar-refractivity contribution < 1.29 is 13.2 Å². The molecule has 7 heteroatoms. The fraction of sp³-hybridized carbons (Fsp3) is 0.0500. The minimum Gasteiger partial charge on any atom is -0.323 e. The van der Waals surface area contributed by atoms with E-state index in [0.717, 1.165) is 4.88 Å². The lowest BCUT2D eigenvalue weighted by molar-refractivity contribution is -0.111. The third-order valence-electron chi connectivity index (χ3n) is 3.84. The van der Waals surface area contributed by atoms with Crippen molar-refractivity contribution in [2.75, 3.05) is 16.7 Å². The molecular formula is C20H18N2O3S2. The van der Waals surface area contributed by atoms with Gasteiger partial charge in [0.25, 0.3) is 10.0 Å². The normalized spacial score (nSPS) is 11.4. The quantitative estimate of drug-likeness (QED) is 0.632. The number of anilines is 2. The van der Waals surface area contributed by atoms with E-state index in [0.29, 0.717) is 11.4 Å². The van der Waals surface area contributed by atoms with Gasteiger partial charge in [0.1, 0.15) is 0 Å². The van der Waals surface area contributed by atoms with Crippen LogP contribution in [0.25, 0.3) is 6.08 Å². The Labute approximate surface area is 162 Å². The molecule has 0 spiro atoms. The number of thiophene rings is 1. The van der Waals surface area contributed by atoms with Crippen LogP contribution in [0.5, 0.6) is 0 Å². The second kappa shape index (κ2) is 8.20. The standard InChI is InChI=1S/C20H18N2O3S2/c1-22(17-6-3-2-4-7-17)27(24,25)19-12-9-16(10-13-19)21-20(23)14-11-18-8-5-15-26-18/h2-15H,1H3,(H,21,23). The predicted molar refractivity (Wildman–Crippen MR) is 110 cm³/mol. The molecule has 0 saturated carbocycles. The summed E-state index contributed by atoms with van der Waals surface area (Å²) in [6.45, 7) is 0. The lowest BCUT2D eigenvalue weighted by atomic mass is 10.3. The van der Waals surface area contributed by atoms with Crippen molar-refractivity contribution >= 4 is 44.7 Å². The Morgan fingerprint density at radius 1 is 1.00 bits per heavy atom. The van der Waals surface area contributed by atoms with Gasteiger partial charge in [-0.2, -0.15) is 0 Å². The number of para-hydroxylation sites is 1. The van der Waals surface area contributed by atoms with Gasteiger partial charge in [0.05, 0.1) is 10.6 Å². The van der Waals surface area contributed by atoms with Crippen LogP contribution in [0.15, 0.2) is 83.1 Å². The molecule has 3 rings (SSSR count). The molecule has 27 heavy (non-hydrogen) atoms. The molecule has 0 aliphatic carbocycles. The number of nitrogens with zero attached hydrogens (tertiary/aromatic N) is 1. The fourth-order valence-corrected chi connectivity index (χ4v) is 4.19. The maximum atomic E-state index is 12.7. The third kappa shape index (κ3) is 4.64. The van der Waals surface area contributed by atoms with Crippen LogP contribution in [0.1, 0.15) is 4.88 Å². The molecule has 0 atom stereocenters. The second-order valence-electron chi connectivity index (χ2n) is 5.67. The predicted octanol–water partition coefficient (Wildman–Crippen LogP) is 4.23. The number of sulfonamides is 1. The molecule has 138 valence electrons. The van der Waals surface area contributed by atoms with E-state index in [1.807, 2.05) is 23.6 Å². The minimum atomic E-state index is -3.67. The summed E-state index contributed by atoms with van der Waals surface area (Å²) in [5, 5.41) is 4.65. The first-order valence-corrected chi connectivity index (χ1v) is 10.5. The van der Waals surface area contributed by atoms with Gasteiger partial charge in [-0.25, -0.2) is 8.42 Å². The molecule has 0 aliphatic heterocycles. The molecule has 1 N–H and O–H groups in total. The number of amides is 1. The summed E-state index contributed by atoms with van der Waals surface area (Å²) in [5.74, 6) is -0.277. The Morgan fingerprint density at radius 3 is 2.33 bits per heavy atom. The van der Waals surface area contributed by atoms with Gasteiger partial charge in [-0.05, 0) is 53.9 Å². The highest BCUT2D eigenvalue weighted by Crippen LogP contribution is 2.22. The van der Waals surface area contributed by atoms with Crippen LogP contribution >= 0.6 is 11.3 Å². The highest BCUT2D eigenvalue weighted by molar-refractivity contribution is 7.92. The molecule has 0 saturated heterocycles. The van der Waals surface area contributed by atoms with Crippen molar-refractivity contribution in [3.05, 3.63) is 83.1 Å². The van der Waals surface area contributed by atoms with Gasteiger partial charge in [0, 0.05) is 23.7 Å². The van der Waals surface area contributed by atoms with Crippen molar-refractivity contribution in [2.45, 2.75) is 4.90 Å². The maximum absolute atomic E-state index is 12.7. The fourth-order valence-electron chi connectivity index (χ4n) is 2.37. The maximum Gasteiger partial charge on any atom is 0.264 e. The molecule has 1 amide bonds. The highest BCUT2D eigenvalue weighted by Gasteiger charge is 2.20. The van der Waals surface area contributed by atoms with E-state index < -0.39 is 10.0 Å². The van der Waals surface area contributed by atoms with E-state index in [1.165, 1.54) is 40.9 Å². The van der Waals surface area contributed by atoms with Gasteiger partial charge in [-0.1, -0.05) is 24.3 Å². The van der Waals surface area contributed by atoms with Crippen molar-refractivity contribution in [3.8, 4) is 0 Å². The molecule has 0 radical (unpaired) electrons. The van der Waals surface area contributed by atoms with Gasteiger partial charge in [-0.3, -0.25) is 9.10 Å². The highest BCUT2D eigenvalue weighted by atomic mass is 32.2. The van der Waals surface area contributed by atoms with E-state index in [2.05, 4.69) is 5.32 Å².